The minimum absolute atomic E-state index is 0. The molecule has 1 heterocycles. The summed E-state index contributed by atoms with van der Waals surface area (Å²) < 4.78 is 0. The van der Waals surface area contributed by atoms with Crippen LogP contribution in [0, 0.1) is 11.8 Å². The quantitative estimate of drug-likeness (QED) is 0.694. The molecule has 82 valence electrons. The smallest absolute Gasteiger partial charge is 0.407 e. The second-order valence-corrected chi connectivity index (χ2v) is 4.10. The normalized spacial score (nSPS) is 35.2. The van der Waals surface area contributed by atoms with E-state index in [9.17, 15) is 4.79 Å². The maximum absolute atomic E-state index is 10.8. The molecule has 1 aliphatic carbocycles. The van der Waals surface area contributed by atoms with E-state index >= 15 is 0 Å². The highest BCUT2D eigenvalue weighted by atomic mass is 35.5. The first-order valence-electron chi connectivity index (χ1n) is 4.87. The Kier molecular flexibility index (Phi) is 3.61. The Hall–Kier alpha value is -0.480. The van der Waals surface area contributed by atoms with Crippen molar-refractivity contribution in [2.45, 2.75) is 18.9 Å². The fourth-order valence-electron chi connectivity index (χ4n) is 2.85. The highest BCUT2D eigenvalue weighted by Gasteiger charge is 2.42. The topological polar surface area (TPSA) is 52.6 Å². The fraction of sp³-hybridized carbons (Fsp3) is 0.889. The molecule has 0 aromatic heterocycles. The van der Waals surface area contributed by atoms with Crippen LogP contribution in [-0.2, 0) is 0 Å². The summed E-state index contributed by atoms with van der Waals surface area (Å²) in [6.45, 7) is 1.44. The molecule has 2 N–H and O–H groups in total. The third-order valence-electron chi connectivity index (χ3n) is 3.44. The number of carbonyl (C=O) groups is 1. The molecule has 2 aliphatic rings. The lowest BCUT2D eigenvalue weighted by Crippen LogP contribution is -2.51. The van der Waals surface area contributed by atoms with Gasteiger partial charge in [0.1, 0.15) is 0 Å². The Balaban J connectivity index is 0.000000980. The molecule has 0 radical (unpaired) electrons. The van der Waals surface area contributed by atoms with Crippen LogP contribution in [0.5, 0.6) is 0 Å². The molecule has 0 spiro atoms. The lowest BCUT2D eigenvalue weighted by Gasteiger charge is -2.36. The zero-order valence-electron chi connectivity index (χ0n) is 8.27. The Labute approximate surface area is 90.1 Å². The van der Waals surface area contributed by atoms with Crippen LogP contribution < -0.4 is 5.32 Å². The number of nitrogens with one attached hydrogen (secondary N) is 1. The van der Waals surface area contributed by atoms with Gasteiger partial charge in [-0.3, -0.25) is 0 Å². The van der Waals surface area contributed by atoms with Gasteiger partial charge in [0.15, 0.2) is 0 Å². The van der Waals surface area contributed by atoms with E-state index in [4.69, 9.17) is 5.11 Å². The summed E-state index contributed by atoms with van der Waals surface area (Å²) in [7, 11) is 1.98. The zero-order chi connectivity index (χ0) is 9.42. The monoisotopic (exact) mass is 220 g/mol. The average Bonchev–Trinajstić information content (AvgIpc) is 2.34. The van der Waals surface area contributed by atoms with Gasteiger partial charge in [0.25, 0.3) is 0 Å². The van der Waals surface area contributed by atoms with E-state index in [2.05, 4.69) is 5.32 Å². The van der Waals surface area contributed by atoms with E-state index < -0.39 is 6.09 Å². The number of nitrogens with zero attached hydrogens (tertiary/aromatic N) is 1. The highest BCUT2D eigenvalue weighted by molar-refractivity contribution is 5.85. The molecular weight excluding hydrogens is 204 g/mol. The first-order valence-corrected chi connectivity index (χ1v) is 4.87. The number of fused-ring (bicyclic) bond motifs is 2. The van der Waals surface area contributed by atoms with Gasteiger partial charge >= 0.3 is 6.09 Å². The van der Waals surface area contributed by atoms with Crippen molar-refractivity contribution < 1.29 is 9.90 Å². The van der Waals surface area contributed by atoms with Crippen LogP contribution in [0.25, 0.3) is 0 Å². The van der Waals surface area contributed by atoms with E-state index in [-0.39, 0.29) is 12.4 Å². The predicted octanol–water partition coefficient (Wildman–Crippen LogP) is 1.02. The summed E-state index contributed by atoms with van der Waals surface area (Å²) in [5, 5.41) is 12.2. The molecule has 2 bridgehead atoms. The number of halogens is 1. The fourth-order valence-corrected chi connectivity index (χ4v) is 2.85. The van der Waals surface area contributed by atoms with Crippen molar-refractivity contribution >= 4 is 18.5 Å². The minimum Gasteiger partial charge on any atom is -0.465 e. The third kappa shape index (κ3) is 1.81. The van der Waals surface area contributed by atoms with Crippen LogP contribution in [0.3, 0.4) is 0 Å². The molecule has 0 aromatic carbocycles. The van der Waals surface area contributed by atoms with Crippen molar-refractivity contribution in [3.63, 3.8) is 0 Å². The van der Waals surface area contributed by atoms with Crippen molar-refractivity contribution in [1.82, 2.24) is 10.2 Å². The summed E-state index contributed by atoms with van der Waals surface area (Å²) in [5.74, 6) is 1.08. The molecule has 1 amide bonds. The van der Waals surface area contributed by atoms with Crippen molar-refractivity contribution in [2.24, 2.45) is 11.8 Å². The van der Waals surface area contributed by atoms with Gasteiger partial charge in [-0.1, -0.05) is 0 Å². The lowest BCUT2D eigenvalue weighted by atomic mass is 9.93. The molecule has 0 unspecified atom stereocenters. The Morgan fingerprint density at radius 3 is 2.21 bits per heavy atom. The molecule has 14 heavy (non-hydrogen) atoms. The zero-order valence-corrected chi connectivity index (χ0v) is 9.09. The summed E-state index contributed by atoms with van der Waals surface area (Å²) in [6.07, 6.45) is 1.60. The number of piperidine rings is 1. The maximum atomic E-state index is 10.8. The van der Waals surface area contributed by atoms with Gasteiger partial charge in [-0.15, -0.1) is 12.4 Å². The standard InChI is InChI=1S/C9H16N2O2.ClH/c1-10-8-6-2-3-7(8)5-11(4-6)9(12)13;/h6-8,10H,2-5H2,1H3,(H,12,13);1H/t6-,7+,8+;. The van der Waals surface area contributed by atoms with Crippen LogP contribution in [-0.4, -0.2) is 42.3 Å². The Morgan fingerprint density at radius 1 is 1.36 bits per heavy atom. The number of rotatable bonds is 1. The molecule has 1 saturated heterocycles. The van der Waals surface area contributed by atoms with Crippen LogP contribution in [0.1, 0.15) is 12.8 Å². The number of carboxylic acid groups (broad SMARTS) is 1. The van der Waals surface area contributed by atoms with Gasteiger partial charge < -0.3 is 15.3 Å². The number of amides is 1. The van der Waals surface area contributed by atoms with Gasteiger partial charge in [0.05, 0.1) is 0 Å². The van der Waals surface area contributed by atoms with Crippen molar-refractivity contribution in [2.75, 3.05) is 20.1 Å². The lowest BCUT2D eigenvalue weighted by molar-refractivity contribution is 0.103. The SMILES string of the molecule is CN[C@H]1[C@@H]2CC[C@H]1CN(C(=O)O)C2.Cl. The van der Waals surface area contributed by atoms with E-state index in [1.165, 1.54) is 12.8 Å². The average molecular weight is 221 g/mol. The van der Waals surface area contributed by atoms with E-state index in [0.717, 1.165) is 13.1 Å². The van der Waals surface area contributed by atoms with Crippen molar-refractivity contribution in [3.8, 4) is 0 Å². The molecular formula is C9H17ClN2O2. The van der Waals surface area contributed by atoms with Gasteiger partial charge in [0.2, 0.25) is 0 Å². The second-order valence-electron chi connectivity index (χ2n) is 4.10. The van der Waals surface area contributed by atoms with Crippen LogP contribution in [0.15, 0.2) is 0 Å². The number of hydrogen-bond acceptors (Lipinski definition) is 2. The second kappa shape index (κ2) is 4.36. The van der Waals surface area contributed by atoms with Crippen LogP contribution in [0.4, 0.5) is 4.79 Å². The molecule has 1 saturated carbocycles. The molecule has 1 aliphatic heterocycles. The van der Waals surface area contributed by atoms with Crippen LogP contribution >= 0.6 is 12.4 Å². The van der Waals surface area contributed by atoms with Gasteiger partial charge in [-0.2, -0.15) is 0 Å². The summed E-state index contributed by atoms with van der Waals surface area (Å²) >= 11 is 0. The summed E-state index contributed by atoms with van der Waals surface area (Å²) in [5.41, 5.74) is 0. The van der Waals surface area contributed by atoms with Gasteiger partial charge in [-0.25, -0.2) is 4.79 Å². The van der Waals surface area contributed by atoms with Gasteiger partial charge in [-0.05, 0) is 31.7 Å². The Morgan fingerprint density at radius 2 is 1.86 bits per heavy atom. The summed E-state index contributed by atoms with van der Waals surface area (Å²) in [6, 6.07) is 0.551. The highest BCUT2D eigenvalue weighted by Crippen LogP contribution is 2.36. The predicted molar refractivity (Wildman–Crippen MR) is 55.9 cm³/mol. The number of likely N-dealkylation sites (tertiary alicyclic amines) is 1. The minimum atomic E-state index is -0.758. The number of hydrogen-bond donors (Lipinski definition) is 2. The molecule has 3 atom stereocenters. The van der Waals surface area contributed by atoms with E-state index in [1.54, 1.807) is 4.90 Å². The third-order valence-corrected chi connectivity index (χ3v) is 3.44. The first-order chi connectivity index (χ1) is 6.22. The first kappa shape index (κ1) is 11.6. The Bertz CT molecular complexity index is 211. The van der Waals surface area contributed by atoms with E-state index in [1.807, 2.05) is 7.05 Å². The van der Waals surface area contributed by atoms with E-state index in [0.29, 0.717) is 17.9 Å². The van der Waals surface area contributed by atoms with Gasteiger partial charge in [0, 0.05) is 19.1 Å². The molecule has 2 rings (SSSR count). The maximum Gasteiger partial charge on any atom is 0.407 e. The molecule has 2 fully saturated rings. The summed E-state index contributed by atoms with van der Waals surface area (Å²) in [4.78, 5) is 12.3. The molecule has 5 heteroatoms. The molecule has 4 nitrogen and oxygen atoms in total. The van der Waals surface area contributed by atoms with Crippen molar-refractivity contribution in [1.29, 1.82) is 0 Å². The largest absolute Gasteiger partial charge is 0.465 e. The van der Waals surface area contributed by atoms with Crippen LogP contribution in [0.2, 0.25) is 0 Å². The van der Waals surface area contributed by atoms with Crippen molar-refractivity contribution in [3.05, 3.63) is 0 Å². The molecule has 0 aromatic rings.